The van der Waals surface area contributed by atoms with Crippen molar-refractivity contribution in [3.8, 4) is 0 Å². The van der Waals surface area contributed by atoms with Crippen molar-refractivity contribution in [3.05, 3.63) is 69.6 Å². The first-order valence-corrected chi connectivity index (χ1v) is 10.6. The van der Waals surface area contributed by atoms with Gasteiger partial charge in [-0.3, -0.25) is 9.59 Å². The lowest BCUT2D eigenvalue weighted by Gasteiger charge is -2.37. The maximum atomic E-state index is 12.5. The van der Waals surface area contributed by atoms with E-state index in [1.54, 1.807) is 18.7 Å². The smallest absolute Gasteiger partial charge is 0.251 e. The molecule has 1 aromatic carbocycles. The standard InChI is InChI=1S/C22H24N2O2S.H2/c1-14(25)24-12-15(13-24)11-20(17-5-7-18(27-2)8-6-17)21-10-9-19(16-3-4-16)22(26)23-21;/h5-11,15-16H,3-4,12-13H2,1-2H3,(H,23,26);1H/b20-11+;. The molecule has 2 aromatic rings. The van der Waals surface area contributed by atoms with E-state index >= 15 is 0 Å². The van der Waals surface area contributed by atoms with E-state index in [9.17, 15) is 9.59 Å². The van der Waals surface area contributed by atoms with Gasteiger partial charge in [-0.1, -0.05) is 24.3 Å². The summed E-state index contributed by atoms with van der Waals surface area (Å²) in [6.07, 6.45) is 6.49. The third kappa shape index (κ3) is 3.88. The number of amides is 1. The van der Waals surface area contributed by atoms with E-state index in [0.717, 1.165) is 48.3 Å². The van der Waals surface area contributed by atoms with Crippen molar-refractivity contribution in [2.24, 2.45) is 5.92 Å². The first kappa shape index (κ1) is 18.1. The Labute approximate surface area is 165 Å². The zero-order chi connectivity index (χ0) is 19.0. The zero-order valence-corrected chi connectivity index (χ0v) is 16.5. The molecule has 1 aliphatic carbocycles. The lowest BCUT2D eigenvalue weighted by molar-refractivity contribution is -0.133. The van der Waals surface area contributed by atoms with Crippen LogP contribution in [0.25, 0.3) is 5.57 Å². The van der Waals surface area contributed by atoms with Crippen molar-refractivity contribution < 1.29 is 6.22 Å². The topological polar surface area (TPSA) is 53.2 Å². The van der Waals surface area contributed by atoms with Crippen molar-refractivity contribution >= 4 is 23.2 Å². The number of H-pyrrole nitrogens is 1. The Hall–Kier alpha value is -2.27. The second-order valence-corrected chi connectivity index (χ2v) is 8.30. The highest BCUT2D eigenvalue weighted by Crippen LogP contribution is 2.38. The van der Waals surface area contributed by atoms with Gasteiger partial charge in [0.15, 0.2) is 0 Å². The molecule has 1 amide bonds. The Morgan fingerprint density at radius 1 is 1.19 bits per heavy atom. The molecule has 2 fully saturated rings. The molecule has 0 radical (unpaired) electrons. The highest BCUT2D eigenvalue weighted by Gasteiger charge is 2.28. The van der Waals surface area contributed by atoms with Gasteiger partial charge in [0.05, 0.1) is 0 Å². The van der Waals surface area contributed by atoms with Crippen LogP contribution in [0.15, 0.2) is 52.2 Å². The number of carbonyl (C=O) groups is 1. The van der Waals surface area contributed by atoms with Crippen LogP contribution >= 0.6 is 11.8 Å². The summed E-state index contributed by atoms with van der Waals surface area (Å²) in [5.74, 6) is 0.871. The summed E-state index contributed by atoms with van der Waals surface area (Å²) < 4.78 is 0. The van der Waals surface area contributed by atoms with Crippen molar-refractivity contribution in [3.63, 3.8) is 0 Å². The number of likely N-dealkylation sites (tertiary alicyclic amines) is 1. The van der Waals surface area contributed by atoms with Crippen molar-refractivity contribution in [1.29, 1.82) is 0 Å². The van der Waals surface area contributed by atoms with E-state index in [1.807, 2.05) is 17.0 Å². The molecule has 1 saturated carbocycles. The van der Waals surface area contributed by atoms with Crippen LogP contribution < -0.4 is 5.56 Å². The number of benzene rings is 1. The molecule has 0 bridgehead atoms. The fourth-order valence-corrected chi connectivity index (χ4v) is 3.99. The molecule has 5 heteroatoms. The first-order valence-electron chi connectivity index (χ1n) is 9.40. The summed E-state index contributed by atoms with van der Waals surface area (Å²) in [6.45, 7) is 3.09. The van der Waals surface area contributed by atoms with Crippen LogP contribution in [0.4, 0.5) is 0 Å². The van der Waals surface area contributed by atoms with Gasteiger partial charge < -0.3 is 9.88 Å². The Bertz CT molecular complexity index is 942. The molecule has 4 nitrogen and oxygen atoms in total. The SMILES string of the molecule is CSc1ccc(/C(=C\C2CN(C(C)=O)C2)c2ccc(C3CC3)c(=O)[nH]2)cc1.[HH]. The quantitative estimate of drug-likeness (QED) is 0.791. The molecule has 0 spiro atoms. The maximum absolute atomic E-state index is 12.5. The predicted octanol–water partition coefficient (Wildman–Crippen LogP) is 4.13. The lowest BCUT2D eigenvalue weighted by atomic mass is 9.92. The second kappa shape index (κ2) is 7.39. The number of hydrogen-bond acceptors (Lipinski definition) is 3. The number of hydrogen-bond donors (Lipinski definition) is 1. The molecule has 142 valence electrons. The third-order valence-corrected chi connectivity index (χ3v) is 6.15. The Balaban J connectivity index is 0.00000225. The van der Waals surface area contributed by atoms with Crippen molar-refractivity contribution in [1.82, 2.24) is 9.88 Å². The molecule has 27 heavy (non-hydrogen) atoms. The van der Waals surface area contributed by atoms with Crippen LogP contribution in [0, 0.1) is 5.92 Å². The number of aromatic amines is 1. The highest BCUT2D eigenvalue weighted by atomic mass is 32.2. The molecular weight excluding hydrogens is 356 g/mol. The number of nitrogens with zero attached hydrogens (tertiary/aromatic N) is 1. The molecule has 1 saturated heterocycles. The van der Waals surface area contributed by atoms with Gasteiger partial charge in [-0.05, 0) is 48.8 Å². The number of pyridine rings is 1. The van der Waals surface area contributed by atoms with E-state index < -0.39 is 0 Å². The molecule has 4 rings (SSSR count). The molecule has 1 N–H and O–H groups in total. The van der Waals surface area contributed by atoms with Crippen LogP contribution in [-0.4, -0.2) is 35.1 Å². The van der Waals surface area contributed by atoms with Gasteiger partial charge in [0, 0.05) is 49.1 Å². The molecule has 0 atom stereocenters. The molecule has 1 aromatic heterocycles. The van der Waals surface area contributed by atoms with Crippen molar-refractivity contribution in [2.45, 2.75) is 30.6 Å². The highest BCUT2D eigenvalue weighted by molar-refractivity contribution is 7.98. The van der Waals surface area contributed by atoms with Crippen LogP contribution in [-0.2, 0) is 4.79 Å². The first-order chi connectivity index (χ1) is 13.0. The maximum Gasteiger partial charge on any atom is 0.251 e. The average molecular weight is 383 g/mol. The average Bonchev–Trinajstić information content (AvgIpc) is 3.45. The fourth-order valence-electron chi connectivity index (χ4n) is 3.58. The molecule has 1 aliphatic heterocycles. The lowest BCUT2D eigenvalue weighted by Crippen LogP contribution is -2.48. The summed E-state index contributed by atoms with van der Waals surface area (Å²) in [4.78, 5) is 30.2. The summed E-state index contributed by atoms with van der Waals surface area (Å²) >= 11 is 1.71. The molecule has 2 aliphatic rings. The second-order valence-electron chi connectivity index (χ2n) is 7.42. The predicted molar refractivity (Wildman–Crippen MR) is 112 cm³/mol. The minimum Gasteiger partial charge on any atom is -0.342 e. The van der Waals surface area contributed by atoms with Gasteiger partial charge >= 0.3 is 0 Å². The number of aromatic nitrogens is 1. The van der Waals surface area contributed by atoms with Crippen LogP contribution in [0.3, 0.4) is 0 Å². The molecule has 2 heterocycles. The Kier molecular flexibility index (Phi) is 4.96. The minimum absolute atomic E-state index is 0. The normalized spacial score (nSPS) is 17.7. The Morgan fingerprint density at radius 2 is 1.89 bits per heavy atom. The minimum atomic E-state index is 0. The van der Waals surface area contributed by atoms with E-state index in [4.69, 9.17) is 0 Å². The van der Waals surface area contributed by atoms with Gasteiger partial charge in [0.25, 0.3) is 5.56 Å². The van der Waals surface area contributed by atoms with E-state index in [-0.39, 0.29) is 12.9 Å². The number of rotatable bonds is 5. The monoisotopic (exact) mass is 382 g/mol. The summed E-state index contributed by atoms with van der Waals surface area (Å²) in [5.41, 5.74) is 3.91. The molecule has 0 unspecified atom stereocenters. The van der Waals surface area contributed by atoms with Gasteiger partial charge in [0.2, 0.25) is 5.91 Å². The number of thioether (sulfide) groups is 1. The summed E-state index contributed by atoms with van der Waals surface area (Å²) in [5, 5.41) is 0. The van der Waals surface area contributed by atoms with E-state index in [1.165, 1.54) is 4.90 Å². The van der Waals surface area contributed by atoms with E-state index in [2.05, 4.69) is 41.6 Å². The van der Waals surface area contributed by atoms with Crippen LogP contribution in [0.5, 0.6) is 0 Å². The zero-order valence-electron chi connectivity index (χ0n) is 15.7. The van der Waals surface area contributed by atoms with Gasteiger partial charge in [0.1, 0.15) is 0 Å². The molecular formula is C22H26N2O2S. The fraction of sp³-hybridized carbons (Fsp3) is 0.364. The van der Waals surface area contributed by atoms with E-state index in [0.29, 0.717) is 11.8 Å². The number of carbonyl (C=O) groups excluding carboxylic acids is 1. The third-order valence-electron chi connectivity index (χ3n) is 5.41. The van der Waals surface area contributed by atoms with Crippen molar-refractivity contribution in [2.75, 3.05) is 19.3 Å². The van der Waals surface area contributed by atoms with Gasteiger partial charge in [-0.25, -0.2) is 0 Å². The van der Waals surface area contributed by atoms with Gasteiger partial charge in [-0.15, -0.1) is 11.8 Å². The van der Waals surface area contributed by atoms with Crippen LogP contribution in [0.1, 0.15) is 43.9 Å². The number of nitrogens with one attached hydrogen (secondary N) is 1. The summed E-state index contributed by atoms with van der Waals surface area (Å²) in [7, 11) is 0. The Morgan fingerprint density at radius 3 is 2.44 bits per heavy atom. The van der Waals surface area contributed by atoms with Gasteiger partial charge in [-0.2, -0.15) is 0 Å². The van der Waals surface area contributed by atoms with Crippen LogP contribution in [0.2, 0.25) is 0 Å². The summed E-state index contributed by atoms with van der Waals surface area (Å²) in [6, 6.07) is 12.4. The largest absolute Gasteiger partial charge is 0.342 e.